The van der Waals surface area contributed by atoms with E-state index < -0.39 is 0 Å². The largest absolute Gasteiger partial charge is 0.507 e. The van der Waals surface area contributed by atoms with Gasteiger partial charge in [-0.05, 0) is 78.9 Å². The average molecular weight is 304 g/mol. The minimum Gasteiger partial charge on any atom is -0.507 e. The minimum absolute atomic E-state index is 0.406. The van der Waals surface area contributed by atoms with E-state index in [0.717, 1.165) is 29.2 Å². The molecule has 0 aromatic heterocycles. The molecule has 2 aromatic carbocycles. The molecule has 118 valence electrons. The van der Waals surface area contributed by atoms with E-state index in [1.807, 2.05) is 18.2 Å². The number of hydrogen-bond donors (Lipinski definition) is 1. The molecule has 4 aliphatic rings. The maximum absolute atomic E-state index is 10.3. The van der Waals surface area contributed by atoms with E-state index in [4.69, 9.17) is 0 Å². The van der Waals surface area contributed by atoms with Gasteiger partial charge in [0.05, 0.1) is 0 Å². The van der Waals surface area contributed by atoms with Crippen molar-refractivity contribution in [3.05, 3.63) is 54.1 Å². The lowest BCUT2D eigenvalue weighted by molar-refractivity contribution is -0.00260. The van der Waals surface area contributed by atoms with Crippen LogP contribution in [0.3, 0.4) is 0 Å². The second-order valence-electron chi connectivity index (χ2n) is 8.06. The van der Waals surface area contributed by atoms with Crippen molar-refractivity contribution in [2.24, 2.45) is 23.7 Å². The smallest absolute Gasteiger partial charge is 0.123 e. The summed E-state index contributed by atoms with van der Waals surface area (Å²) in [5.74, 6) is 4.87. The Hall–Kier alpha value is -1.76. The van der Waals surface area contributed by atoms with Gasteiger partial charge in [-0.25, -0.2) is 0 Å². The van der Waals surface area contributed by atoms with E-state index in [-0.39, 0.29) is 0 Å². The maximum Gasteiger partial charge on any atom is 0.123 e. The summed E-state index contributed by atoms with van der Waals surface area (Å²) in [7, 11) is 0. The van der Waals surface area contributed by atoms with E-state index in [1.54, 1.807) is 0 Å². The quantitative estimate of drug-likeness (QED) is 0.765. The lowest BCUT2D eigenvalue weighted by Gasteiger charge is -2.55. The predicted molar refractivity (Wildman–Crippen MR) is 93.3 cm³/mol. The molecule has 1 N–H and O–H groups in total. The van der Waals surface area contributed by atoms with Gasteiger partial charge >= 0.3 is 0 Å². The molecular formula is C22H24O. The first-order chi connectivity index (χ1) is 11.3. The van der Waals surface area contributed by atoms with Gasteiger partial charge in [0.15, 0.2) is 0 Å². The summed E-state index contributed by atoms with van der Waals surface area (Å²) >= 11 is 0. The molecule has 0 saturated heterocycles. The molecule has 1 heteroatoms. The first kappa shape index (κ1) is 13.7. The Bertz CT molecular complexity index is 704. The summed E-state index contributed by atoms with van der Waals surface area (Å²) in [6.07, 6.45) is 7.25. The number of aromatic hydroxyl groups is 1. The van der Waals surface area contributed by atoms with Crippen molar-refractivity contribution in [2.45, 2.75) is 38.0 Å². The van der Waals surface area contributed by atoms with E-state index in [9.17, 15) is 5.11 Å². The summed E-state index contributed by atoms with van der Waals surface area (Å²) in [5.41, 5.74) is 3.74. The average Bonchev–Trinajstić information content (AvgIpc) is 2.55. The van der Waals surface area contributed by atoms with Crippen LogP contribution in [0, 0.1) is 23.7 Å². The van der Waals surface area contributed by atoms with Gasteiger partial charge in [-0.2, -0.15) is 0 Å². The standard InChI is InChI=1S/C22H24O/c23-21-8-4-3-6-19(21)18-5-1-2-7-20(18)22-16-10-14-9-15(12-16)13-17(22)11-14/h1-8,14-17,22-23H,9-13H2. The van der Waals surface area contributed by atoms with Gasteiger partial charge in [-0.15, -0.1) is 0 Å². The zero-order chi connectivity index (χ0) is 15.4. The molecule has 4 saturated carbocycles. The predicted octanol–water partition coefficient (Wildman–Crippen LogP) is 5.60. The Balaban J connectivity index is 1.61. The molecule has 4 bridgehead atoms. The van der Waals surface area contributed by atoms with Gasteiger partial charge in [-0.1, -0.05) is 42.5 Å². The van der Waals surface area contributed by atoms with Crippen LogP contribution in [-0.4, -0.2) is 5.11 Å². The number of phenols is 1. The zero-order valence-electron chi connectivity index (χ0n) is 13.5. The molecule has 0 spiro atoms. The summed E-state index contributed by atoms with van der Waals surface area (Å²) in [6, 6.07) is 16.6. The van der Waals surface area contributed by atoms with Crippen LogP contribution >= 0.6 is 0 Å². The van der Waals surface area contributed by atoms with Gasteiger partial charge in [0.25, 0.3) is 0 Å². The first-order valence-corrected chi connectivity index (χ1v) is 9.17. The highest BCUT2D eigenvalue weighted by molar-refractivity contribution is 5.73. The van der Waals surface area contributed by atoms with E-state index in [1.165, 1.54) is 43.2 Å². The molecule has 0 atom stereocenters. The van der Waals surface area contributed by atoms with Crippen molar-refractivity contribution in [1.29, 1.82) is 0 Å². The van der Waals surface area contributed by atoms with Crippen molar-refractivity contribution >= 4 is 0 Å². The fourth-order valence-electron chi connectivity index (χ4n) is 6.17. The summed E-state index contributed by atoms with van der Waals surface area (Å²) < 4.78 is 0. The highest BCUT2D eigenvalue weighted by Crippen LogP contribution is 2.60. The van der Waals surface area contributed by atoms with E-state index in [2.05, 4.69) is 30.3 Å². The maximum atomic E-state index is 10.3. The van der Waals surface area contributed by atoms with Crippen LogP contribution in [0.5, 0.6) is 5.75 Å². The van der Waals surface area contributed by atoms with Gasteiger partial charge in [0.1, 0.15) is 5.75 Å². The summed E-state index contributed by atoms with van der Waals surface area (Å²) in [4.78, 5) is 0. The summed E-state index contributed by atoms with van der Waals surface area (Å²) in [6.45, 7) is 0. The van der Waals surface area contributed by atoms with Crippen molar-refractivity contribution in [3.8, 4) is 16.9 Å². The third-order valence-electron chi connectivity index (χ3n) is 6.74. The second-order valence-corrected chi connectivity index (χ2v) is 8.06. The third-order valence-corrected chi connectivity index (χ3v) is 6.74. The van der Waals surface area contributed by atoms with Gasteiger partial charge < -0.3 is 5.11 Å². The number of rotatable bonds is 2. The fourth-order valence-corrected chi connectivity index (χ4v) is 6.17. The van der Waals surface area contributed by atoms with Crippen molar-refractivity contribution < 1.29 is 5.11 Å². The van der Waals surface area contributed by atoms with Crippen molar-refractivity contribution in [2.75, 3.05) is 0 Å². The molecular weight excluding hydrogens is 280 g/mol. The van der Waals surface area contributed by atoms with Crippen LogP contribution in [0.1, 0.15) is 43.6 Å². The van der Waals surface area contributed by atoms with Crippen LogP contribution in [0.15, 0.2) is 48.5 Å². The third kappa shape index (κ3) is 2.13. The number of benzene rings is 2. The zero-order valence-corrected chi connectivity index (χ0v) is 13.5. The number of hydrogen-bond acceptors (Lipinski definition) is 1. The van der Waals surface area contributed by atoms with Crippen molar-refractivity contribution in [3.63, 3.8) is 0 Å². The SMILES string of the molecule is Oc1ccccc1-c1ccccc1C1C2CC3CC(C2)CC1C3. The molecule has 0 unspecified atom stereocenters. The highest BCUT2D eigenvalue weighted by Gasteiger charge is 2.48. The normalized spacial score (nSPS) is 34.7. The fraction of sp³-hybridized carbons (Fsp3) is 0.455. The second kappa shape index (κ2) is 5.12. The topological polar surface area (TPSA) is 20.2 Å². The van der Waals surface area contributed by atoms with Gasteiger partial charge in [-0.3, -0.25) is 0 Å². The minimum atomic E-state index is 0.406. The molecule has 23 heavy (non-hydrogen) atoms. The molecule has 0 aliphatic heterocycles. The van der Waals surface area contributed by atoms with Crippen LogP contribution in [0.4, 0.5) is 0 Å². The van der Waals surface area contributed by atoms with Crippen LogP contribution in [0.2, 0.25) is 0 Å². The molecule has 4 aliphatic carbocycles. The molecule has 0 heterocycles. The van der Waals surface area contributed by atoms with E-state index >= 15 is 0 Å². The monoisotopic (exact) mass is 304 g/mol. The highest BCUT2D eigenvalue weighted by atomic mass is 16.3. The van der Waals surface area contributed by atoms with Crippen LogP contribution in [-0.2, 0) is 0 Å². The molecule has 2 aromatic rings. The van der Waals surface area contributed by atoms with Crippen LogP contribution in [0.25, 0.3) is 11.1 Å². The Kier molecular flexibility index (Phi) is 3.04. The van der Waals surface area contributed by atoms with Gasteiger partial charge in [0, 0.05) is 5.56 Å². The molecule has 1 nitrogen and oxygen atoms in total. The van der Waals surface area contributed by atoms with Crippen molar-refractivity contribution in [1.82, 2.24) is 0 Å². The Morgan fingerprint density at radius 3 is 1.87 bits per heavy atom. The Morgan fingerprint density at radius 1 is 0.652 bits per heavy atom. The number of para-hydroxylation sites is 1. The van der Waals surface area contributed by atoms with Crippen LogP contribution < -0.4 is 0 Å². The lowest BCUT2D eigenvalue weighted by atomic mass is 9.50. The van der Waals surface area contributed by atoms with E-state index in [0.29, 0.717) is 11.7 Å². The lowest BCUT2D eigenvalue weighted by Crippen LogP contribution is -2.43. The first-order valence-electron chi connectivity index (χ1n) is 9.17. The summed E-state index contributed by atoms with van der Waals surface area (Å²) in [5, 5.41) is 10.3. The molecule has 4 fully saturated rings. The molecule has 0 radical (unpaired) electrons. The number of phenolic OH excluding ortho intramolecular Hbond substituents is 1. The van der Waals surface area contributed by atoms with Gasteiger partial charge in [0.2, 0.25) is 0 Å². The Labute approximate surface area is 138 Å². The molecule has 0 amide bonds. The Morgan fingerprint density at radius 2 is 1.22 bits per heavy atom. The molecule has 6 rings (SSSR count).